The zero-order chi connectivity index (χ0) is 12.5. The van der Waals surface area contributed by atoms with Crippen molar-refractivity contribution in [3.05, 3.63) is 23.6 Å². The molecule has 2 aromatic heterocycles. The lowest BCUT2D eigenvalue weighted by Gasteiger charge is -2.20. The van der Waals surface area contributed by atoms with Crippen LogP contribution < -0.4 is 4.74 Å². The van der Waals surface area contributed by atoms with Gasteiger partial charge in [-0.3, -0.25) is 0 Å². The number of rotatable bonds is 2. The number of terminal acetylenes is 1. The molecule has 0 spiro atoms. The summed E-state index contributed by atoms with van der Waals surface area (Å²) in [7, 11) is 10.9. The average molecular weight is 239 g/mol. The molecule has 7 heteroatoms. The van der Waals surface area contributed by atoms with E-state index in [9.17, 15) is 0 Å². The number of aromatic nitrogens is 3. The second-order valence-electron chi connectivity index (χ2n) is 3.22. The van der Waals surface area contributed by atoms with E-state index in [4.69, 9.17) is 38.5 Å². The molecule has 17 heavy (non-hydrogen) atoms. The zero-order valence-corrected chi connectivity index (χ0v) is 9.35. The minimum absolute atomic E-state index is 0.114. The van der Waals surface area contributed by atoms with Gasteiger partial charge in [0.25, 0.3) is 0 Å². The van der Waals surface area contributed by atoms with E-state index >= 15 is 0 Å². The molecule has 0 amide bonds. The summed E-state index contributed by atoms with van der Waals surface area (Å²) < 4.78 is 5.08. The van der Waals surface area contributed by atoms with E-state index in [0.717, 1.165) is 0 Å². The number of halogens is 1. The second-order valence-corrected chi connectivity index (χ2v) is 3.58. The number of ether oxygens (including phenoxy) is 1. The number of hydrogen-bond donors (Lipinski definition) is 0. The quantitative estimate of drug-likeness (QED) is 0.439. The van der Waals surface area contributed by atoms with Gasteiger partial charge in [-0.15, -0.1) is 6.42 Å². The van der Waals surface area contributed by atoms with Crippen molar-refractivity contribution in [2.45, 2.75) is 5.40 Å². The van der Waals surface area contributed by atoms with E-state index in [2.05, 4.69) is 20.9 Å². The first-order valence-electron chi connectivity index (χ1n) is 4.53. The van der Waals surface area contributed by atoms with Crippen molar-refractivity contribution in [2.75, 3.05) is 0 Å². The van der Waals surface area contributed by atoms with Gasteiger partial charge in [0.05, 0.1) is 17.1 Å². The van der Waals surface area contributed by atoms with E-state index in [1.165, 1.54) is 12.4 Å². The Kier molecular flexibility index (Phi) is 2.95. The molecule has 0 bridgehead atoms. The van der Waals surface area contributed by atoms with E-state index in [-0.39, 0.29) is 11.0 Å². The third-order valence-corrected chi connectivity index (χ3v) is 2.17. The van der Waals surface area contributed by atoms with E-state index < -0.39 is 5.40 Å². The Morgan fingerprint density at radius 2 is 2.18 bits per heavy atom. The van der Waals surface area contributed by atoms with Gasteiger partial charge >= 0.3 is 0 Å². The highest BCUT2D eigenvalue weighted by Crippen LogP contribution is 2.20. The molecular weight excluding hydrogens is 235 g/mol. The summed E-state index contributed by atoms with van der Waals surface area (Å²) in [6, 6.07) is 1.63. The van der Waals surface area contributed by atoms with Crippen LogP contribution in [0, 0.1) is 12.3 Å². The van der Waals surface area contributed by atoms with Crippen molar-refractivity contribution in [2.24, 2.45) is 0 Å². The summed E-state index contributed by atoms with van der Waals surface area (Å²) >= 11 is 5.83. The largest absolute Gasteiger partial charge is 0.478 e. The molecule has 0 aliphatic rings. The fourth-order valence-electron chi connectivity index (χ4n) is 1.15. The smallest absolute Gasteiger partial charge is 0.232 e. The minimum atomic E-state index is -1.72. The van der Waals surface area contributed by atoms with Gasteiger partial charge < -0.3 is 4.74 Å². The summed E-state index contributed by atoms with van der Waals surface area (Å²) in [5.41, 5.74) is 0.970. The lowest BCUT2D eigenvalue weighted by atomic mass is 9.66. The van der Waals surface area contributed by atoms with Crippen LogP contribution in [0.1, 0.15) is 0 Å². The van der Waals surface area contributed by atoms with Crippen LogP contribution in [0.3, 0.4) is 0 Å². The Morgan fingerprint density at radius 1 is 1.41 bits per heavy atom. The van der Waals surface area contributed by atoms with Crippen LogP contribution in [0.4, 0.5) is 0 Å². The molecule has 78 valence electrons. The third kappa shape index (κ3) is 2.51. The number of pyridine rings is 1. The number of fused-ring (bicyclic) bond motifs is 1. The summed E-state index contributed by atoms with van der Waals surface area (Å²) in [5, 5.41) is -1.47. The summed E-state index contributed by atoms with van der Waals surface area (Å²) in [6.07, 6.45) is 7.91. The van der Waals surface area contributed by atoms with Gasteiger partial charge in [-0.1, -0.05) is 17.5 Å². The molecule has 2 rings (SSSR count). The Labute approximate surface area is 106 Å². The molecule has 0 fully saturated rings. The lowest BCUT2D eigenvalue weighted by molar-refractivity contribution is 0.285. The highest BCUT2D eigenvalue weighted by Gasteiger charge is 2.16. The Morgan fingerprint density at radius 3 is 2.88 bits per heavy atom. The number of nitrogens with zero attached hydrogens (tertiary/aromatic N) is 3. The van der Waals surface area contributed by atoms with Crippen molar-refractivity contribution in [1.29, 1.82) is 0 Å². The second kappa shape index (κ2) is 4.27. The van der Waals surface area contributed by atoms with Crippen LogP contribution in [-0.4, -0.2) is 36.0 Å². The monoisotopic (exact) mass is 239 g/mol. The molecule has 4 nitrogen and oxygen atoms in total. The Bertz CT molecular complexity index is 612. The summed E-state index contributed by atoms with van der Waals surface area (Å²) in [4.78, 5) is 12.0. The van der Waals surface area contributed by atoms with Gasteiger partial charge in [-0.25, -0.2) is 15.0 Å². The van der Waals surface area contributed by atoms with Crippen molar-refractivity contribution < 1.29 is 4.74 Å². The van der Waals surface area contributed by atoms with E-state index in [1.54, 1.807) is 6.07 Å². The van der Waals surface area contributed by atoms with Gasteiger partial charge in [0.1, 0.15) is 21.2 Å². The number of hydrogen-bond acceptors (Lipinski definition) is 4. The maximum absolute atomic E-state index is 5.83. The fourth-order valence-corrected chi connectivity index (χ4v) is 1.35. The van der Waals surface area contributed by atoms with Crippen LogP contribution in [0.25, 0.3) is 11.0 Å². The van der Waals surface area contributed by atoms with Gasteiger partial charge in [0.2, 0.25) is 5.88 Å². The van der Waals surface area contributed by atoms with Crippen molar-refractivity contribution in [3.63, 3.8) is 0 Å². The molecule has 4 radical (unpaired) electrons. The topological polar surface area (TPSA) is 47.9 Å². The molecule has 0 aliphatic heterocycles. The van der Waals surface area contributed by atoms with Crippen molar-refractivity contribution in [1.82, 2.24) is 15.0 Å². The molecule has 0 unspecified atom stereocenters. The summed E-state index contributed by atoms with van der Waals surface area (Å²) in [6.45, 7) is 0. The van der Waals surface area contributed by atoms with Crippen LogP contribution in [0.15, 0.2) is 18.5 Å². The predicted octanol–water partition coefficient (Wildman–Crippen LogP) is 0.681. The van der Waals surface area contributed by atoms with Crippen LogP contribution in [-0.2, 0) is 0 Å². The molecule has 0 atom stereocenters. The van der Waals surface area contributed by atoms with Crippen molar-refractivity contribution in [3.8, 4) is 18.2 Å². The lowest BCUT2D eigenvalue weighted by Crippen LogP contribution is -2.35. The predicted molar refractivity (Wildman–Crippen MR) is 66.0 cm³/mol. The van der Waals surface area contributed by atoms with Crippen molar-refractivity contribution >= 4 is 38.3 Å². The first-order chi connectivity index (χ1) is 8.02. The fraction of sp³-hybridized carbons (Fsp3) is 0.100. The average Bonchev–Trinajstić information content (AvgIpc) is 2.29. The molecule has 0 aromatic carbocycles. The van der Waals surface area contributed by atoms with Crippen LogP contribution in [0.2, 0.25) is 5.15 Å². The zero-order valence-electron chi connectivity index (χ0n) is 8.59. The van der Waals surface area contributed by atoms with Gasteiger partial charge in [0.15, 0.2) is 5.15 Å². The van der Waals surface area contributed by atoms with Gasteiger partial charge in [0, 0.05) is 6.20 Å². The molecule has 2 heterocycles. The maximum atomic E-state index is 5.83. The van der Waals surface area contributed by atoms with Crippen LogP contribution >= 0.6 is 11.6 Å². The summed E-state index contributed by atoms with van der Waals surface area (Å²) in [5.74, 6) is 2.19. The minimum Gasteiger partial charge on any atom is -0.478 e. The third-order valence-electron chi connectivity index (χ3n) is 1.89. The maximum Gasteiger partial charge on any atom is 0.232 e. The normalized spacial score (nSPS) is 11.1. The first-order valence-corrected chi connectivity index (χ1v) is 4.91. The van der Waals surface area contributed by atoms with Gasteiger partial charge in [-0.2, -0.15) is 0 Å². The van der Waals surface area contributed by atoms with Crippen LogP contribution in [0.5, 0.6) is 5.88 Å². The molecule has 0 aliphatic carbocycles. The molecule has 0 saturated carbocycles. The highest BCUT2D eigenvalue weighted by molar-refractivity contribution is 6.41. The highest BCUT2D eigenvalue weighted by atomic mass is 35.5. The first kappa shape index (κ1) is 11.7. The van der Waals surface area contributed by atoms with E-state index in [1.807, 2.05) is 0 Å². The molecule has 2 aromatic rings. The molecule has 0 N–H and O–H groups in total. The molecule has 0 saturated heterocycles. The Hall–Kier alpha value is -1.73. The van der Waals surface area contributed by atoms with Gasteiger partial charge in [-0.05, 0) is 6.07 Å². The standard InChI is InChI=1S/C10H4B2ClN3O/c1-2-10(11,12)17-7-5-15-8-6(16-7)3-4-14-9(8)13/h1,3-5H. The molecular formula is C10H4B2ClN3O. The SMILES string of the molecule is [B]C([B])(C#C)Oc1cnc2c(Cl)nccc2n1. The Balaban J connectivity index is 2.43. The van der Waals surface area contributed by atoms with E-state index in [0.29, 0.717) is 11.0 Å².